The van der Waals surface area contributed by atoms with Gasteiger partial charge in [-0.05, 0) is 49.2 Å². The molecule has 0 saturated heterocycles. The van der Waals surface area contributed by atoms with Crippen LogP contribution in [0.4, 0.5) is 0 Å². The van der Waals surface area contributed by atoms with Crippen molar-refractivity contribution in [2.45, 2.75) is 49.2 Å². The molecule has 0 aliphatic carbocycles. The number of nitrogens with zero attached hydrogens (tertiary/aromatic N) is 4. The van der Waals surface area contributed by atoms with Gasteiger partial charge >= 0.3 is 0 Å². The number of nitriles is 1. The van der Waals surface area contributed by atoms with E-state index in [4.69, 9.17) is 0 Å². The van der Waals surface area contributed by atoms with E-state index in [9.17, 15) is 5.26 Å². The van der Waals surface area contributed by atoms with Crippen molar-refractivity contribution >= 4 is 11.8 Å². The second-order valence-corrected chi connectivity index (χ2v) is 6.08. The first kappa shape index (κ1) is 13.2. The summed E-state index contributed by atoms with van der Waals surface area (Å²) in [5.74, 6) is 1.08. The Kier molecular flexibility index (Phi) is 3.75. The van der Waals surface area contributed by atoms with E-state index in [1.54, 1.807) is 11.8 Å². The van der Waals surface area contributed by atoms with E-state index < -0.39 is 0 Å². The second kappa shape index (κ2) is 5.68. The van der Waals surface area contributed by atoms with Crippen molar-refractivity contribution < 1.29 is 0 Å². The zero-order chi connectivity index (χ0) is 13.9. The fraction of sp³-hybridized carbons (Fsp3) is 0.400. The minimum atomic E-state index is 0.701. The van der Waals surface area contributed by atoms with Crippen molar-refractivity contribution in [3.63, 3.8) is 0 Å². The van der Waals surface area contributed by atoms with E-state index in [-0.39, 0.29) is 0 Å². The summed E-state index contributed by atoms with van der Waals surface area (Å²) in [6.07, 6.45) is 4.63. The summed E-state index contributed by atoms with van der Waals surface area (Å²) >= 11 is 1.55. The fourth-order valence-electron chi connectivity index (χ4n) is 2.44. The Bertz CT molecular complexity index is 669. The number of aromatic nitrogens is 3. The van der Waals surface area contributed by atoms with E-state index in [2.05, 4.69) is 20.8 Å². The minimum absolute atomic E-state index is 0.701. The highest BCUT2D eigenvalue weighted by atomic mass is 32.2. The molecular formula is C15H16N4S. The maximum absolute atomic E-state index is 9.22. The summed E-state index contributed by atoms with van der Waals surface area (Å²) in [7, 11) is 0. The SMILES string of the molecule is Cc1ccc(C#N)c(Sc2nnc3n2CCCCC3)c1. The van der Waals surface area contributed by atoms with Crippen LogP contribution in [0.2, 0.25) is 0 Å². The van der Waals surface area contributed by atoms with Gasteiger partial charge in [-0.1, -0.05) is 12.5 Å². The van der Waals surface area contributed by atoms with Crippen LogP contribution in [-0.2, 0) is 13.0 Å². The monoisotopic (exact) mass is 284 g/mol. The molecule has 1 aromatic heterocycles. The van der Waals surface area contributed by atoms with Gasteiger partial charge in [-0.2, -0.15) is 5.26 Å². The van der Waals surface area contributed by atoms with Crippen LogP contribution in [-0.4, -0.2) is 14.8 Å². The summed E-state index contributed by atoms with van der Waals surface area (Å²) in [4.78, 5) is 0.965. The Morgan fingerprint density at radius 2 is 2.15 bits per heavy atom. The minimum Gasteiger partial charge on any atom is -0.306 e. The first-order valence-electron chi connectivity index (χ1n) is 6.88. The van der Waals surface area contributed by atoms with E-state index in [1.807, 2.05) is 25.1 Å². The van der Waals surface area contributed by atoms with Gasteiger partial charge in [-0.3, -0.25) is 0 Å². The molecule has 3 rings (SSSR count). The number of hydrogen-bond donors (Lipinski definition) is 0. The summed E-state index contributed by atoms with van der Waals surface area (Å²) in [6, 6.07) is 8.13. The standard InChI is InChI=1S/C15H16N4S/c1-11-6-7-12(10-16)13(9-11)20-15-18-17-14-5-3-2-4-8-19(14)15/h6-7,9H,2-5,8H2,1H3. The number of aryl methyl sites for hydroxylation is 2. The average Bonchev–Trinajstić information content (AvgIpc) is 2.68. The third kappa shape index (κ3) is 2.56. The fourth-order valence-corrected chi connectivity index (χ4v) is 3.49. The normalized spacial score (nSPS) is 14.4. The van der Waals surface area contributed by atoms with Crippen LogP contribution in [0.5, 0.6) is 0 Å². The van der Waals surface area contributed by atoms with E-state index in [0.29, 0.717) is 5.56 Å². The third-order valence-corrected chi connectivity index (χ3v) is 4.58. The lowest BCUT2D eigenvalue weighted by molar-refractivity contribution is 0.591. The van der Waals surface area contributed by atoms with Crippen LogP contribution in [0.1, 0.15) is 36.2 Å². The molecule has 5 heteroatoms. The second-order valence-electron chi connectivity index (χ2n) is 5.07. The summed E-state index contributed by atoms with van der Waals surface area (Å²) < 4.78 is 2.21. The average molecular weight is 284 g/mol. The van der Waals surface area contributed by atoms with Gasteiger partial charge in [0.15, 0.2) is 5.16 Å². The van der Waals surface area contributed by atoms with Crippen molar-refractivity contribution in [1.29, 1.82) is 5.26 Å². The molecule has 0 fully saturated rings. The lowest BCUT2D eigenvalue weighted by atomic mass is 10.2. The molecule has 1 aliphatic rings. The molecule has 1 aromatic carbocycles. The van der Waals surface area contributed by atoms with Crippen LogP contribution >= 0.6 is 11.8 Å². The topological polar surface area (TPSA) is 54.5 Å². The summed E-state index contributed by atoms with van der Waals surface area (Å²) in [6.45, 7) is 3.02. The van der Waals surface area contributed by atoms with Gasteiger partial charge in [0, 0.05) is 17.9 Å². The Balaban J connectivity index is 1.94. The van der Waals surface area contributed by atoms with Crippen molar-refractivity contribution in [2.24, 2.45) is 0 Å². The number of fused-ring (bicyclic) bond motifs is 1. The third-order valence-electron chi connectivity index (χ3n) is 3.53. The predicted molar refractivity (Wildman–Crippen MR) is 77.6 cm³/mol. The maximum Gasteiger partial charge on any atom is 0.196 e. The smallest absolute Gasteiger partial charge is 0.196 e. The van der Waals surface area contributed by atoms with Gasteiger partial charge in [0.05, 0.1) is 5.56 Å². The molecule has 0 bridgehead atoms. The van der Waals surface area contributed by atoms with Crippen LogP contribution < -0.4 is 0 Å². The van der Waals surface area contributed by atoms with Crippen LogP contribution in [0, 0.1) is 18.3 Å². The molecule has 0 unspecified atom stereocenters. The molecule has 0 amide bonds. The van der Waals surface area contributed by atoms with Crippen molar-refractivity contribution in [3.05, 3.63) is 35.2 Å². The molecule has 0 atom stereocenters. The Morgan fingerprint density at radius 1 is 1.25 bits per heavy atom. The highest BCUT2D eigenvalue weighted by Gasteiger charge is 2.16. The zero-order valence-electron chi connectivity index (χ0n) is 11.5. The van der Waals surface area contributed by atoms with Crippen LogP contribution in [0.3, 0.4) is 0 Å². The molecule has 4 nitrogen and oxygen atoms in total. The van der Waals surface area contributed by atoms with Crippen LogP contribution in [0.15, 0.2) is 28.3 Å². The molecule has 0 spiro atoms. The predicted octanol–water partition coefficient (Wildman–Crippen LogP) is 3.34. The molecule has 2 heterocycles. The summed E-state index contributed by atoms with van der Waals surface area (Å²) in [5.41, 5.74) is 1.86. The maximum atomic E-state index is 9.22. The Hall–Kier alpha value is -1.80. The van der Waals surface area contributed by atoms with Crippen molar-refractivity contribution in [1.82, 2.24) is 14.8 Å². The van der Waals surface area contributed by atoms with Gasteiger partial charge in [0.1, 0.15) is 11.9 Å². The van der Waals surface area contributed by atoms with E-state index >= 15 is 0 Å². The molecular weight excluding hydrogens is 268 g/mol. The Morgan fingerprint density at radius 3 is 3.00 bits per heavy atom. The van der Waals surface area contributed by atoms with Crippen LogP contribution in [0.25, 0.3) is 0 Å². The van der Waals surface area contributed by atoms with Gasteiger partial charge in [0.2, 0.25) is 0 Å². The lowest BCUT2D eigenvalue weighted by Gasteiger charge is -2.07. The molecule has 1 aliphatic heterocycles. The van der Waals surface area contributed by atoms with E-state index in [1.165, 1.54) is 19.3 Å². The highest BCUT2D eigenvalue weighted by molar-refractivity contribution is 7.99. The number of rotatable bonds is 2. The molecule has 102 valence electrons. The highest BCUT2D eigenvalue weighted by Crippen LogP contribution is 2.31. The van der Waals surface area contributed by atoms with Gasteiger partial charge in [0.25, 0.3) is 0 Å². The number of hydrogen-bond acceptors (Lipinski definition) is 4. The molecule has 0 N–H and O–H groups in total. The first-order chi connectivity index (χ1) is 9.78. The van der Waals surface area contributed by atoms with Crippen molar-refractivity contribution in [3.8, 4) is 6.07 Å². The molecule has 0 radical (unpaired) electrons. The van der Waals surface area contributed by atoms with Gasteiger partial charge in [-0.25, -0.2) is 0 Å². The number of benzene rings is 1. The molecule has 0 saturated carbocycles. The summed E-state index contributed by atoms with van der Waals surface area (Å²) in [5, 5.41) is 18.7. The zero-order valence-corrected chi connectivity index (χ0v) is 12.3. The van der Waals surface area contributed by atoms with Gasteiger partial charge < -0.3 is 4.57 Å². The van der Waals surface area contributed by atoms with Crippen molar-refractivity contribution in [2.75, 3.05) is 0 Å². The Labute approximate surface area is 122 Å². The quantitative estimate of drug-likeness (QED) is 0.848. The van der Waals surface area contributed by atoms with E-state index in [0.717, 1.165) is 34.4 Å². The molecule has 2 aromatic rings. The molecule has 20 heavy (non-hydrogen) atoms. The first-order valence-corrected chi connectivity index (χ1v) is 7.70. The van der Waals surface area contributed by atoms with Gasteiger partial charge in [-0.15, -0.1) is 10.2 Å². The lowest BCUT2D eigenvalue weighted by Crippen LogP contribution is -2.02. The largest absolute Gasteiger partial charge is 0.306 e.